The zero-order valence-electron chi connectivity index (χ0n) is 46.9. The van der Waals surface area contributed by atoms with Gasteiger partial charge in [0.05, 0.1) is 48.4 Å². The molecule has 3 heterocycles. The standard InChI is InChI=1S/C37H49N7O5.C26H35N3O3/c1-39-17-18-40-37(49)32-20-26-12-5-6-13-27(26)22-44(32)23-33(45)30(19-24-9-3-2-4-10-24)42-36(48)31(21-34(38)46)43-35(47)29-16-15-25-11-7-8-14-28(25)41-29;1-18-16-27-11-12-29(18)17-22(30)14-21(13-19-7-3-2-4-8-19)26(32)28-25-23-10-6-5-9-20(23)15-24(25)31/h2-4,7-11,14-16,26-27,30-33,39,45H,5-6,12-13,17-23H2,1H3,(H2,38,46)(H,40,49)(H,42,48)(H,43,47);2-10,18,21-22,24-25,27,30-31H,11-17H2,1H3,(H,28,32)/t26-,27+,30-,31-,32-,33+;18-,21-,22+,24-,25+/m01/s1. The number of fused-ring (bicyclic) bond motifs is 3. The molecule has 0 spiro atoms. The van der Waals surface area contributed by atoms with E-state index in [-0.39, 0.29) is 36.4 Å². The molecule has 434 valence electrons. The Labute approximate surface area is 476 Å². The van der Waals surface area contributed by atoms with Crippen molar-refractivity contribution in [3.8, 4) is 0 Å². The van der Waals surface area contributed by atoms with Crippen molar-refractivity contribution in [2.24, 2.45) is 23.5 Å². The first-order chi connectivity index (χ1) is 39.2. The fourth-order valence-corrected chi connectivity index (χ4v) is 12.3. The molecule has 4 aromatic carbocycles. The number of carbonyl (C=O) groups is 5. The van der Waals surface area contributed by atoms with Crippen LogP contribution in [0.5, 0.6) is 0 Å². The molecule has 0 radical (unpaired) electrons. The summed E-state index contributed by atoms with van der Waals surface area (Å²) in [5, 5.41) is 52.3. The van der Waals surface area contributed by atoms with Gasteiger partial charge in [-0.15, -0.1) is 0 Å². The summed E-state index contributed by atoms with van der Waals surface area (Å²) in [5.74, 6) is -1.67. The molecule has 9 rings (SSSR count). The molecule has 18 nitrogen and oxygen atoms in total. The van der Waals surface area contributed by atoms with Crippen molar-refractivity contribution in [1.29, 1.82) is 0 Å². The molecular weight excluding hydrogens is 1020 g/mol. The van der Waals surface area contributed by atoms with Crippen LogP contribution in [0, 0.1) is 17.8 Å². The fraction of sp³-hybridized carbons (Fsp3) is 0.492. The number of hydrogen-bond acceptors (Lipinski definition) is 13. The van der Waals surface area contributed by atoms with Gasteiger partial charge in [-0.05, 0) is 92.3 Å². The number of β-amino-alcohol motifs (C(OH)–C–C–N with tert-alkyl or cyclic N) is 2. The van der Waals surface area contributed by atoms with Gasteiger partial charge in [0.2, 0.25) is 23.6 Å². The minimum atomic E-state index is -1.30. The molecule has 2 aliphatic carbocycles. The van der Waals surface area contributed by atoms with Gasteiger partial charge in [0.15, 0.2) is 0 Å². The fourth-order valence-electron chi connectivity index (χ4n) is 12.3. The number of nitrogens with one attached hydrogen (secondary N) is 6. The molecule has 0 bridgehead atoms. The molecule has 4 aliphatic rings. The maximum Gasteiger partial charge on any atom is 0.270 e. The minimum absolute atomic E-state index is 0.0540. The van der Waals surface area contributed by atoms with Crippen LogP contribution in [-0.4, -0.2) is 162 Å². The van der Waals surface area contributed by atoms with E-state index in [0.29, 0.717) is 68.8 Å². The Bertz CT molecular complexity index is 2850. The summed E-state index contributed by atoms with van der Waals surface area (Å²) in [6, 6.07) is 35.4. The van der Waals surface area contributed by atoms with Crippen molar-refractivity contribution in [2.45, 2.75) is 120 Å². The van der Waals surface area contributed by atoms with Gasteiger partial charge < -0.3 is 53.0 Å². The van der Waals surface area contributed by atoms with Gasteiger partial charge >= 0.3 is 0 Å². The summed E-state index contributed by atoms with van der Waals surface area (Å²) < 4.78 is 0. The number of pyridine rings is 1. The summed E-state index contributed by atoms with van der Waals surface area (Å²) in [7, 11) is 1.84. The highest BCUT2D eigenvalue weighted by molar-refractivity contribution is 5.99. The molecule has 11 N–H and O–H groups in total. The second-order valence-electron chi connectivity index (χ2n) is 22.6. The first-order valence-electron chi connectivity index (χ1n) is 29.1. The molecule has 1 saturated carbocycles. The average molecular weight is 1110 g/mol. The van der Waals surface area contributed by atoms with E-state index >= 15 is 0 Å². The number of rotatable bonds is 23. The van der Waals surface area contributed by atoms with E-state index in [9.17, 15) is 39.3 Å². The number of hydrogen-bond donors (Lipinski definition) is 10. The SMILES string of the molecule is CNCCNC(=O)[C@@H]1C[C@@H]2CCCC[C@@H]2CN1C[C@@H](O)[C@H](Cc1ccccc1)NC(=O)[C@H](CC(N)=O)NC(=O)c1ccc2ccccc2n1.C[C@@H]1CNCCN1C[C@@H](O)C[C@@H](Cc1ccccc1)C(=O)N[C@H]1c2ccccc2C[C@H]1O. The molecule has 1 aromatic heterocycles. The van der Waals surface area contributed by atoms with Crippen LogP contribution in [-0.2, 0) is 38.4 Å². The van der Waals surface area contributed by atoms with Crippen LogP contribution < -0.4 is 37.6 Å². The van der Waals surface area contributed by atoms with E-state index in [0.717, 1.165) is 73.0 Å². The highest BCUT2D eigenvalue weighted by Gasteiger charge is 2.42. The summed E-state index contributed by atoms with van der Waals surface area (Å²) in [5.41, 5.74) is 10.2. The lowest BCUT2D eigenvalue weighted by atomic mass is 9.72. The van der Waals surface area contributed by atoms with E-state index in [2.05, 4.69) is 53.6 Å². The van der Waals surface area contributed by atoms with Gasteiger partial charge in [-0.2, -0.15) is 0 Å². The number of primary amides is 1. The highest BCUT2D eigenvalue weighted by Crippen LogP contribution is 2.39. The quantitative estimate of drug-likeness (QED) is 0.0422. The Balaban J connectivity index is 0.000000232. The Morgan fingerprint density at radius 1 is 0.778 bits per heavy atom. The van der Waals surface area contributed by atoms with Crippen molar-refractivity contribution in [1.82, 2.24) is 46.7 Å². The number of carbonyl (C=O) groups excluding carboxylic acids is 5. The third-order valence-electron chi connectivity index (χ3n) is 16.7. The Morgan fingerprint density at radius 3 is 2.20 bits per heavy atom. The van der Waals surface area contributed by atoms with Gasteiger partial charge in [-0.25, -0.2) is 4.98 Å². The van der Waals surface area contributed by atoms with Gasteiger partial charge in [-0.3, -0.25) is 33.8 Å². The molecule has 81 heavy (non-hydrogen) atoms. The van der Waals surface area contributed by atoms with E-state index in [1.54, 1.807) is 18.2 Å². The first kappa shape index (κ1) is 60.5. The summed E-state index contributed by atoms with van der Waals surface area (Å²) in [6.45, 7) is 7.48. The molecular formula is C63H84N10O8. The molecule has 18 heteroatoms. The predicted molar refractivity (Wildman–Crippen MR) is 312 cm³/mol. The van der Waals surface area contributed by atoms with Gasteiger partial charge in [0.25, 0.3) is 5.91 Å². The predicted octanol–water partition coefficient (Wildman–Crippen LogP) is 3.18. The van der Waals surface area contributed by atoms with E-state index in [4.69, 9.17) is 5.73 Å². The van der Waals surface area contributed by atoms with Crippen LogP contribution in [0.2, 0.25) is 0 Å². The summed E-state index contributed by atoms with van der Waals surface area (Å²) in [4.78, 5) is 74.7. The number of benzene rings is 4. The number of piperidine rings is 1. The molecule has 5 amide bonds. The smallest absolute Gasteiger partial charge is 0.270 e. The maximum atomic E-state index is 13.8. The maximum absolute atomic E-state index is 13.8. The topological polar surface area (TPSA) is 264 Å². The number of aromatic nitrogens is 1. The van der Waals surface area contributed by atoms with Crippen LogP contribution in [0.3, 0.4) is 0 Å². The van der Waals surface area contributed by atoms with Gasteiger partial charge in [0, 0.05) is 76.1 Å². The Morgan fingerprint density at radius 2 is 1.47 bits per heavy atom. The first-order valence-corrected chi connectivity index (χ1v) is 29.1. The number of likely N-dealkylation sites (tertiary alicyclic amines) is 1. The van der Waals surface area contributed by atoms with Crippen molar-refractivity contribution < 1.29 is 39.3 Å². The van der Waals surface area contributed by atoms with Crippen LogP contribution in [0.15, 0.2) is 121 Å². The molecule has 11 atom stereocenters. The van der Waals surface area contributed by atoms with Crippen molar-refractivity contribution >= 4 is 40.4 Å². The number of aliphatic hydroxyl groups is 3. The number of likely N-dealkylation sites (N-methyl/N-ethyl adjacent to an activating group) is 1. The lowest BCUT2D eigenvalue weighted by Gasteiger charge is -2.46. The zero-order valence-corrected chi connectivity index (χ0v) is 46.9. The van der Waals surface area contributed by atoms with Crippen LogP contribution in [0.4, 0.5) is 0 Å². The lowest BCUT2D eigenvalue weighted by molar-refractivity contribution is -0.132. The molecule has 2 saturated heterocycles. The number of piperazine rings is 1. The van der Waals surface area contributed by atoms with E-state index < -0.39 is 66.6 Å². The summed E-state index contributed by atoms with van der Waals surface area (Å²) in [6.07, 6.45) is 4.33. The van der Waals surface area contributed by atoms with Crippen LogP contribution in [0.25, 0.3) is 10.9 Å². The Hall–Kier alpha value is -6.64. The normalized spacial score (nSPS) is 22.7. The molecule has 3 fully saturated rings. The third kappa shape index (κ3) is 17.2. The number of nitrogens with zero attached hydrogens (tertiary/aromatic N) is 3. The molecule has 2 aliphatic heterocycles. The van der Waals surface area contributed by atoms with E-state index in [1.807, 2.05) is 110 Å². The lowest BCUT2D eigenvalue weighted by Crippen LogP contribution is -2.60. The molecule has 5 aromatic rings. The van der Waals surface area contributed by atoms with Crippen molar-refractivity contribution in [3.05, 3.63) is 149 Å². The minimum Gasteiger partial charge on any atom is -0.392 e. The van der Waals surface area contributed by atoms with Crippen molar-refractivity contribution in [2.75, 3.05) is 59.4 Å². The van der Waals surface area contributed by atoms with Crippen LogP contribution >= 0.6 is 0 Å². The number of amides is 5. The monoisotopic (exact) mass is 1110 g/mol. The highest BCUT2D eigenvalue weighted by atomic mass is 16.3. The zero-order chi connectivity index (χ0) is 57.3. The molecule has 0 unspecified atom stereocenters. The third-order valence-corrected chi connectivity index (χ3v) is 16.7. The Kier molecular flexibility index (Phi) is 22.3. The average Bonchev–Trinajstić information content (AvgIpc) is 3.80. The second-order valence-corrected chi connectivity index (χ2v) is 22.6. The van der Waals surface area contributed by atoms with Crippen molar-refractivity contribution in [3.63, 3.8) is 0 Å². The van der Waals surface area contributed by atoms with Gasteiger partial charge in [0.1, 0.15) is 11.7 Å². The number of para-hydroxylation sites is 1. The number of nitrogens with two attached hydrogens (primary N) is 1. The summed E-state index contributed by atoms with van der Waals surface area (Å²) >= 11 is 0. The second kappa shape index (κ2) is 29.9. The van der Waals surface area contributed by atoms with E-state index in [1.165, 1.54) is 6.42 Å². The number of aliphatic hydroxyl groups excluding tert-OH is 3. The van der Waals surface area contributed by atoms with Crippen LogP contribution in [0.1, 0.15) is 90.7 Å². The van der Waals surface area contributed by atoms with Gasteiger partial charge in [-0.1, -0.05) is 128 Å². The largest absolute Gasteiger partial charge is 0.392 e.